The molecule has 0 spiro atoms. The van der Waals surface area contributed by atoms with Gasteiger partial charge in [0.25, 0.3) is 0 Å². The zero-order valence-electron chi connectivity index (χ0n) is 17.9. The van der Waals surface area contributed by atoms with Crippen LogP contribution in [0.25, 0.3) is 0 Å². The second kappa shape index (κ2) is 9.87. The first-order valence-corrected chi connectivity index (χ1v) is 11.4. The Balaban J connectivity index is 1.25. The summed E-state index contributed by atoms with van der Waals surface area (Å²) in [5.41, 5.74) is 2.40. The Morgan fingerprint density at radius 1 is 1.00 bits per heavy atom. The number of aryl methyl sites for hydroxylation is 1. The Bertz CT molecular complexity index is 999. The van der Waals surface area contributed by atoms with Gasteiger partial charge in [0.15, 0.2) is 11.0 Å². The molecule has 1 aliphatic rings. The molecule has 1 aliphatic heterocycles. The third-order valence-electron chi connectivity index (χ3n) is 5.39. The van der Waals surface area contributed by atoms with Crippen LogP contribution in [0.4, 0.5) is 5.69 Å². The van der Waals surface area contributed by atoms with Gasteiger partial charge in [-0.15, -0.1) is 10.2 Å². The molecule has 0 radical (unpaired) electrons. The van der Waals surface area contributed by atoms with Gasteiger partial charge in [0.1, 0.15) is 12.4 Å². The van der Waals surface area contributed by atoms with Crippen molar-refractivity contribution in [1.29, 1.82) is 0 Å². The number of hydrogen-bond acceptors (Lipinski definition) is 6. The number of nitrogens with zero attached hydrogens (tertiary/aromatic N) is 5. The van der Waals surface area contributed by atoms with Gasteiger partial charge in [0.2, 0.25) is 5.91 Å². The van der Waals surface area contributed by atoms with E-state index in [2.05, 4.69) is 27.2 Å². The highest BCUT2D eigenvalue weighted by Crippen LogP contribution is 2.20. The summed E-state index contributed by atoms with van der Waals surface area (Å²) < 4.78 is 7.68. The topological polar surface area (TPSA) is 63.5 Å². The first kappa shape index (κ1) is 21.2. The number of ether oxygens (including phenoxy) is 1. The Morgan fingerprint density at radius 3 is 2.42 bits per heavy atom. The first-order valence-electron chi connectivity index (χ1n) is 10.4. The third kappa shape index (κ3) is 5.38. The van der Waals surface area contributed by atoms with Gasteiger partial charge in [-0.05, 0) is 31.2 Å². The number of anilines is 1. The molecular formula is C23H27N5O2S. The molecule has 2 aromatic carbocycles. The van der Waals surface area contributed by atoms with Crippen molar-refractivity contribution in [3.63, 3.8) is 0 Å². The average molecular weight is 438 g/mol. The minimum atomic E-state index is 0.137. The van der Waals surface area contributed by atoms with E-state index >= 15 is 0 Å². The van der Waals surface area contributed by atoms with Crippen LogP contribution in [0.3, 0.4) is 0 Å². The van der Waals surface area contributed by atoms with Crippen LogP contribution in [-0.4, -0.2) is 57.5 Å². The molecule has 3 aromatic rings. The summed E-state index contributed by atoms with van der Waals surface area (Å²) in [6, 6.07) is 18.2. The lowest BCUT2D eigenvalue weighted by Gasteiger charge is -2.36. The molecule has 0 aliphatic carbocycles. The summed E-state index contributed by atoms with van der Waals surface area (Å²) in [7, 11) is 1.90. The molecule has 1 amide bonds. The second-order valence-corrected chi connectivity index (χ2v) is 8.49. The van der Waals surface area contributed by atoms with E-state index in [4.69, 9.17) is 4.74 Å². The van der Waals surface area contributed by atoms with E-state index in [0.29, 0.717) is 12.4 Å². The van der Waals surface area contributed by atoms with Crippen molar-refractivity contribution in [2.45, 2.75) is 18.7 Å². The SMILES string of the molecule is Cc1ccc(OCc2nnc(SCC(=O)N3CCN(c4ccccc4)CC3)n2C)cc1. The van der Waals surface area contributed by atoms with Gasteiger partial charge < -0.3 is 19.1 Å². The predicted octanol–water partition coefficient (Wildman–Crippen LogP) is 3.14. The average Bonchev–Trinajstić information content (AvgIpc) is 3.17. The van der Waals surface area contributed by atoms with Gasteiger partial charge in [0, 0.05) is 38.9 Å². The van der Waals surface area contributed by atoms with Gasteiger partial charge in [-0.25, -0.2) is 0 Å². The summed E-state index contributed by atoms with van der Waals surface area (Å²) in [6.07, 6.45) is 0. The lowest BCUT2D eigenvalue weighted by molar-refractivity contribution is -0.128. The Kier molecular flexibility index (Phi) is 6.76. The number of thioether (sulfide) groups is 1. The fraction of sp³-hybridized carbons (Fsp3) is 0.348. The van der Waals surface area contributed by atoms with Crippen molar-refractivity contribution in [1.82, 2.24) is 19.7 Å². The van der Waals surface area contributed by atoms with Crippen molar-refractivity contribution in [2.75, 3.05) is 36.8 Å². The van der Waals surface area contributed by atoms with E-state index in [9.17, 15) is 4.79 Å². The summed E-state index contributed by atoms with van der Waals surface area (Å²) in [5, 5.41) is 9.17. The summed E-state index contributed by atoms with van der Waals surface area (Å²) in [6.45, 7) is 5.56. The fourth-order valence-electron chi connectivity index (χ4n) is 3.45. The minimum absolute atomic E-state index is 0.137. The van der Waals surface area contributed by atoms with Gasteiger partial charge in [-0.3, -0.25) is 4.79 Å². The summed E-state index contributed by atoms with van der Waals surface area (Å²) in [4.78, 5) is 16.9. The number of piperazine rings is 1. The van der Waals surface area contributed by atoms with Crippen LogP contribution in [0.5, 0.6) is 5.75 Å². The number of carbonyl (C=O) groups is 1. The van der Waals surface area contributed by atoms with Crippen LogP contribution in [0, 0.1) is 6.92 Å². The molecule has 0 unspecified atom stereocenters. The van der Waals surface area contributed by atoms with Crippen LogP contribution in [-0.2, 0) is 18.4 Å². The first-order chi connectivity index (χ1) is 15.1. The van der Waals surface area contributed by atoms with Crippen molar-refractivity contribution in [3.05, 3.63) is 66.0 Å². The maximum Gasteiger partial charge on any atom is 0.233 e. The second-order valence-electron chi connectivity index (χ2n) is 7.55. The van der Waals surface area contributed by atoms with E-state index in [-0.39, 0.29) is 5.91 Å². The molecule has 8 heteroatoms. The number of benzene rings is 2. The van der Waals surface area contributed by atoms with Crippen LogP contribution >= 0.6 is 11.8 Å². The molecule has 1 fully saturated rings. The molecule has 2 heterocycles. The zero-order chi connectivity index (χ0) is 21.6. The van der Waals surface area contributed by atoms with E-state index in [0.717, 1.165) is 42.9 Å². The largest absolute Gasteiger partial charge is 0.486 e. The highest BCUT2D eigenvalue weighted by molar-refractivity contribution is 7.99. The van der Waals surface area contributed by atoms with Crippen LogP contribution in [0.1, 0.15) is 11.4 Å². The van der Waals surface area contributed by atoms with E-state index in [1.54, 1.807) is 0 Å². The van der Waals surface area contributed by atoms with Crippen LogP contribution in [0.15, 0.2) is 59.8 Å². The molecule has 1 saturated heterocycles. The number of rotatable bonds is 7. The van der Waals surface area contributed by atoms with E-state index in [1.807, 2.05) is 65.9 Å². The van der Waals surface area contributed by atoms with Gasteiger partial charge in [-0.1, -0.05) is 47.7 Å². The van der Waals surface area contributed by atoms with E-state index < -0.39 is 0 Å². The molecule has 4 rings (SSSR count). The number of amides is 1. The molecule has 1 aromatic heterocycles. The third-order valence-corrected chi connectivity index (χ3v) is 6.40. The van der Waals surface area contributed by atoms with Crippen molar-refractivity contribution in [2.24, 2.45) is 7.05 Å². The molecule has 7 nitrogen and oxygen atoms in total. The molecule has 162 valence electrons. The smallest absolute Gasteiger partial charge is 0.233 e. The zero-order valence-corrected chi connectivity index (χ0v) is 18.7. The predicted molar refractivity (Wildman–Crippen MR) is 122 cm³/mol. The molecule has 0 N–H and O–H groups in total. The summed E-state index contributed by atoms with van der Waals surface area (Å²) in [5.74, 6) is 2.02. The monoisotopic (exact) mass is 437 g/mol. The van der Waals surface area contributed by atoms with Gasteiger partial charge in [-0.2, -0.15) is 0 Å². The van der Waals surface area contributed by atoms with E-state index in [1.165, 1.54) is 23.0 Å². The highest BCUT2D eigenvalue weighted by Gasteiger charge is 2.22. The van der Waals surface area contributed by atoms with Crippen LogP contribution < -0.4 is 9.64 Å². The van der Waals surface area contributed by atoms with Crippen LogP contribution in [0.2, 0.25) is 0 Å². The quantitative estimate of drug-likeness (QED) is 0.529. The lowest BCUT2D eigenvalue weighted by atomic mass is 10.2. The maximum absolute atomic E-state index is 12.7. The maximum atomic E-state index is 12.7. The highest BCUT2D eigenvalue weighted by atomic mass is 32.2. The number of para-hydroxylation sites is 1. The van der Waals surface area contributed by atoms with Gasteiger partial charge >= 0.3 is 0 Å². The standard InChI is InChI=1S/C23H27N5O2S/c1-18-8-10-20(11-9-18)30-16-21-24-25-23(26(21)2)31-17-22(29)28-14-12-27(13-15-28)19-6-4-3-5-7-19/h3-11H,12-17H2,1-2H3. The Morgan fingerprint density at radius 2 is 1.71 bits per heavy atom. The number of hydrogen-bond donors (Lipinski definition) is 0. The Hall–Kier alpha value is -3.00. The van der Waals surface area contributed by atoms with Crippen molar-refractivity contribution < 1.29 is 9.53 Å². The number of carbonyl (C=O) groups excluding carboxylic acids is 1. The van der Waals surface area contributed by atoms with Crippen molar-refractivity contribution >= 4 is 23.4 Å². The lowest BCUT2D eigenvalue weighted by Crippen LogP contribution is -2.49. The normalized spacial score (nSPS) is 14.0. The minimum Gasteiger partial charge on any atom is -0.486 e. The molecular weight excluding hydrogens is 410 g/mol. The van der Waals surface area contributed by atoms with Gasteiger partial charge in [0.05, 0.1) is 5.75 Å². The van der Waals surface area contributed by atoms with Crippen molar-refractivity contribution in [3.8, 4) is 5.75 Å². The molecule has 0 bridgehead atoms. The molecule has 31 heavy (non-hydrogen) atoms. The fourth-order valence-corrected chi connectivity index (χ4v) is 4.28. The number of aromatic nitrogens is 3. The Labute approximate surface area is 187 Å². The molecule has 0 atom stereocenters. The molecule has 0 saturated carbocycles. The summed E-state index contributed by atoms with van der Waals surface area (Å²) >= 11 is 1.42.